The SMILES string of the molecule is COC(=O)[C@@H](O)[C@@H](CC(C)C)C(=O)NC(C(=O)NC(C)(C)C)C(C)(C)C. The molecule has 0 aromatic rings. The van der Waals surface area contributed by atoms with Gasteiger partial charge < -0.3 is 20.5 Å². The van der Waals surface area contributed by atoms with Crippen molar-refractivity contribution in [2.45, 2.75) is 79.5 Å². The van der Waals surface area contributed by atoms with E-state index in [1.54, 1.807) is 0 Å². The molecule has 0 radical (unpaired) electrons. The molecule has 0 aromatic carbocycles. The summed E-state index contributed by atoms with van der Waals surface area (Å²) in [6, 6.07) is -0.811. The molecule has 0 bridgehead atoms. The van der Waals surface area contributed by atoms with Crippen LogP contribution in [-0.4, -0.2) is 47.7 Å². The molecule has 0 heterocycles. The van der Waals surface area contributed by atoms with Gasteiger partial charge in [-0.2, -0.15) is 0 Å². The maximum atomic E-state index is 12.8. The molecular weight excluding hydrogens is 336 g/mol. The van der Waals surface area contributed by atoms with E-state index in [4.69, 9.17) is 0 Å². The van der Waals surface area contributed by atoms with Gasteiger partial charge in [-0.3, -0.25) is 9.59 Å². The van der Waals surface area contributed by atoms with Crippen LogP contribution in [0.3, 0.4) is 0 Å². The Kier molecular flexibility index (Phi) is 8.76. The van der Waals surface area contributed by atoms with E-state index in [0.29, 0.717) is 6.42 Å². The number of esters is 1. The molecular formula is C19H36N2O5. The van der Waals surface area contributed by atoms with Gasteiger partial charge in [-0.15, -0.1) is 0 Å². The molecule has 1 unspecified atom stereocenters. The van der Waals surface area contributed by atoms with Crippen molar-refractivity contribution in [3.8, 4) is 0 Å². The molecule has 3 N–H and O–H groups in total. The van der Waals surface area contributed by atoms with Crippen LogP contribution in [0.4, 0.5) is 0 Å². The fourth-order valence-electron chi connectivity index (χ4n) is 2.54. The van der Waals surface area contributed by atoms with Crippen molar-refractivity contribution in [3.05, 3.63) is 0 Å². The summed E-state index contributed by atoms with van der Waals surface area (Å²) in [5.74, 6) is -2.64. The van der Waals surface area contributed by atoms with E-state index in [2.05, 4.69) is 15.4 Å². The number of rotatable bonds is 7. The van der Waals surface area contributed by atoms with Gasteiger partial charge in [-0.05, 0) is 38.5 Å². The molecule has 3 atom stereocenters. The summed E-state index contributed by atoms with van der Waals surface area (Å²) in [6.45, 7) is 14.9. The molecule has 0 aliphatic heterocycles. The second-order valence-corrected chi connectivity index (χ2v) is 9.25. The number of nitrogens with one attached hydrogen (secondary N) is 2. The Bertz CT molecular complexity index is 503. The van der Waals surface area contributed by atoms with Crippen LogP contribution in [0.25, 0.3) is 0 Å². The number of aliphatic hydroxyl groups is 1. The number of amides is 2. The number of carbonyl (C=O) groups excluding carboxylic acids is 3. The summed E-state index contributed by atoms with van der Waals surface area (Å²) < 4.78 is 4.56. The summed E-state index contributed by atoms with van der Waals surface area (Å²) >= 11 is 0. The van der Waals surface area contributed by atoms with E-state index in [-0.39, 0.29) is 11.8 Å². The van der Waals surface area contributed by atoms with Gasteiger partial charge in [-0.25, -0.2) is 4.79 Å². The van der Waals surface area contributed by atoms with E-state index in [1.165, 1.54) is 0 Å². The Balaban J connectivity index is 5.52. The smallest absolute Gasteiger partial charge is 0.335 e. The summed E-state index contributed by atoms with van der Waals surface area (Å²) in [4.78, 5) is 37.2. The van der Waals surface area contributed by atoms with Gasteiger partial charge in [0, 0.05) is 5.54 Å². The zero-order chi connectivity index (χ0) is 20.9. The van der Waals surface area contributed by atoms with Crippen LogP contribution in [0.2, 0.25) is 0 Å². The highest BCUT2D eigenvalue weighted by molar-refractivity contribution is 5.91. The van der Waals surface area contributed by atoms with Crippen molar-refractivity contribution < 1.29 is 24.2 Å². The minimum Gasteiger partial charge on any atom is -0.467 e. The quantitative estimate of drug-likeness (QED) is 0.589. The van der Waals surface area contributed by atoms with Crippen LogP contribution < -0.4 is 10.6 Å². The largest absolute Gasteiger partial charge is 0.467 e. The van der Waals surface area contributed by atoms with E-state index in [1.807, 2.05) is 55.4 Å². The lowest BCUT2D eigenvalue weighted by atomic mass is 9.84. The average Bonchev–Trinajstić information content (AvgIpc) is 2.45. The molecule has 0 saturated heterocycles. The molecule has 0 saturated carbocycles. The summed E-state index contributed by atoms with van der Waals surface area (Å²) in [6.07, 6.45) is -1.28. The lowest BCUT2D eigenvalue weighted by Crippen LogP contribution is -2.58. The molecule has 0 aromatic heterocycles. The fourth-order valence-corrected chi connectivity index (χ4v) is 2.54. The van der Waals surface area contributed by atoms with E-state index >= 15 is 0 Å². The zero-order valence-corrected chi connectivity index (χ0v) is 17.6. The van der Waals surface area contributed by atoms with Crippen molar-refractivity contribution in [2.75, 3.05) is 7.11 Å². The predicted octanol–water partition coefficient (Wildman–Crippen LogP) is 1.63. The maximum absolute atomic E-state index is 12.8. The fraction of sp³-hybridized carbons (Fsp3) is 0.842. The molecule has 152 valence electrons. The predicted molar refractivity (Wildman–Crippen MR) is 100 cm³/mol. The third kappa shape index (κ3) is 8.17. The van der Waals surface area contributed by atoms with Crippen molar-refractivity contribution >= 4 is 17.8 Å². The highest BCUT2D eigenvalue weighted by atomic mass is 16.5. The van der Waals surface area contributed by atoms with Crippen LogP contribution in [0.15, 0.2) is 0 Å². The van der Waals surface area contributed by atoms with Gasteiger partial charge in [0.05, 0.1) is 13.0 Å². The standard InChI is InChI=1S/C19H36N2O5/c1-11(2)10-12(13(22)17(25)26-9)15(23)20-14(18(3,4)5)16(24)21-19(6,7)8/h11-14,22H,10H2,1-9H3,(H,20,23)(H,21,24)/t12-,13+,14?/m1/s1. The first-order chi connectivity index (χ1) is 11.6. The Hall–Kier alpha value is -1.63. The van der Waals surface area contributed by atoms with Crippen LogP contribution in [0, 0.1) is 17.3 Å². The number of ether oxygens (including phenoxy) is 1. The van der Waals surface area contributed by atoms with Gasteiger partial charge in [0.15, 0.2) is 6.10 Å². The lowest BCUT2D eigenvalue weighted by molar-refractivity contribution is -0.157. The monoisotopic (exact) mass is 372 g/mol. The molecule has 0 fully saturated rings. The second-order valence-electron chi connectivity index (χ2n) is 9.25. The molecule has 7 nitrogen and oxygen atoms in total. The third-order valence-electron chi connectivity index (χ3n) is 3.80. The van der Waals surface area contributed by atoms with Crippen LogP contribution >= 0.6 is 0 Å². The highest BCUT2D eigenvalue weighted by Crippen LogP contribution is 2.23. The molecule has 0 aliphatic carbocycles. The van der Waals surface area contributed by atoms with Gasteiger partial charge in [-0.1, -0.05) is 34.6 Å². The zero-order valence-electron chi connectivity index (χ0n) is 17.6. The number of carbonyl (C=O) groups is 3. The van der Waals surface area contributed by atoms with Crippen molar-refractivity contribution in [2.24, 2.45) is 17.3 Å². The van der Waals surface area contributed by atoms with E-state index < -0.39 is 40.9 Å². The third-order valence-corrected chi connectivity index (χ3v) is 3.80. The van der Waals surface area contributed by atoms with E-state index in [9.17, 15) is 19.5 Å². The first kappa shape index (κ1) is 24.4. The van der Waals surface area contributed by atoms with Crippen LogP contribution in [0.1, 0.15) is 61.8 Å². The van der Waals surface area contributed by atoms with E-state index in [0.717, 1.165) is 7.11 Å². The van der Waals surface area contributed by atoms with Crippen molar-refractivity contribution in [1.29, 1.82) is 0 Å². The van der Waals surface area contributed by atoms with Gasteiger partial charge in [0.1, 0.15) is 6.04 Å². The van der Waals surface area contributed by atoms with Crippen molar-refractivity contribution in [1.82, 2.24) is 10.6 Å². The van der Waals surface area contributed by atoms with Gasteiger partial charge in [0.2, 0.25) is 11.8 Å². The van der Waals surface area contributed by atoms with Gasteiger partial charge in [0.25, 0.3) is 0 Å². The Morgan fingerprint density at radius 1 is 1.00 bits per heavy atom. The minimum absolute atomic E-state index is 0.0709. The van der Waals surface area contributed by atoms with Gasteiger partial charge >= 0.3 is 5.97 Å². The number of hydrogen-bond donors (Lipinski definition) is 3. The summed E-state index contributed by atoms with van der Waals surface area (Å²) in [5.41, 5.74) is -1.00. The number of hydrogen-bond acceptors (Lipinski definition) is 5. The number of aliphatic hydroxyl groups excluding tert-OH is 1. The molecule has 2 amide bonds. The maximum Gasteiger partial charge on any atom is 0.335 e. The highest BCUT2D eigenvalue weighted by Gasteiger charge is 2.39. The molecule has 0 aliphatic rings. The second kappa shape index (κ2) is 9.35. The average molecular weight is 373 g/mol. The lowest BCUT2D eigenvalue weighted by Gasteiger charge is -2.34. The Morgan fingerprint density at radius 2 is 1.50 bits per heavy atom. The summed E-state index contributed by atoms with van der Waals surface area (Å²) in [5, 5.41) is 15.8. The van der Waals surface area contributed by atoms with Crippen molar-refractivity contribution in [3.63, 3.8) is 0 Å². The normalized spacial score (nSPS) is 15.8. The first-order valence-electron chi connectivity index (χ1n) is 8.98. The summed E-state index contributed by atoms with van der Waals surface area (Å²) in [7, 11) is 1.16. The molecule has 0 spiro atoms. The first-order valence-corrected chi connectivity index (χ1v) is 8.98. The number of methoxy groups -OCH3 is 1. The Labute approximate surface area is 157 Å². The molecule has 26 heavy (non-hydrogen) atoms. The molecule has 0 rings (SSSR count). The Morgan fingerprint density at radius 3 is 1.85 bits per heavy atom. The topological polar surface area (TPSA) is 105 Å². The molecule has 7 heteroatoms. The minimum atomic E-state index is -1.58. The van der Waals surface area contributed by atoms with Crippen LogP contribution in [0.5, 0.6) is 0 Å². The van der Waals surface area contributed by atoms with Crippen LogP contribution in [-0.2, 0) is 19.1 Å².